The maximum absolute atomic E-state index is 3.57. The topological polar surface area (TPSA) is 15.3 Å². The van der Waals surface area contributed by atoms with Crippen molar-refractivity contribution in [3.05, 3.63) is 33.8 Å². The summed E-state index contributed by atoms with van der Waals surface area (Å²) in [6.07, 6.45) is 0. The lowest BCUT2D eigenvalue weighted by molar-refractivity contribution is 0.309. The molecule has 2 nitrogen and oxygen atoms in total. The second-order valence-electron chi connectivity index (χ2n) is 4.72. The van der Waals surface area contributed by atoms with Crippen LogP contribution in [0.3, 0.4) is 0 Å². The van der Waals surface area contributed by atoms with Gasteiger partial charge in [0.25, 0.3) is 0 Å². The minimum absolute atomic E-state index is 0.514. The first-order valence-corrected chi connectivity index (χ1v) is 6.99. The smallest absolute Gasteiger partial charge is 0.0208 e. The molecular weight excluding hydrogens is 276 g/mol. The summed E-state index contributed by atoms with van der Waals surface area (Å²) in [4.78, 5) is 2.32. The van der Waals surface area contributed by atoms with Crippen molar-refractivity contribution in [3.8, 4) is 0 Å². The molecule has 17 heavy (non-hydrogen) atoms. The number of aryl methyl sites for hydroxylation is 1. The second-order valence-corrected chi connectivity index (χ2v) is 5.57. The van der Waals surface area contributed by atoms with Gasteiger partial charge in [-0.15, -0.1) is 0 Å². The average Bonchev–Trinajstić information content (AvgIpc) is 2.30. The van der Waals surface area contributed by atoms with Gasteiger partial charge in [-0.25, -0.2) is 0 Å². The summed E-state index contributed by atoms with van der Waals surface area (Å²) in [5, 5.41) is 3.55. The molecule has 3 heteroatoms. The molecule has 0 amide bonds. The Bertz CT molecular complexity index is 352. The lowest BCUT2D eigenvalue weighted by Crippen LogP contribution is -2.36. The highest BCUT2D eigenvalue weighted by atomic mass is 79.9. The van der Waals surface area contributed by atoms with Crippen molar-refractivity contribution in [1.82, 2.24) is 10.2 Å². The normalized spacial score (nSPS) is 13.1. The molecule has 0 aliphatic carbocycles. The first kappa shape index (κ1) is 14.7. The number of nitrogens with one attached hydrogen (secondary N) is 1. The van der Waals surface area contributed by atoms with E-state index in [1.807, 2.05) is 0 Å². The number of nitrogens with zero attached hydrogens (tertiary/aromatic N) is 1. The van der Waals surface area contributed by atoms with Gasteiger partial charge in [0, 0.05) is 23.6 Å². The molecule has 0 aromatic heterocycles. The van der Waals surface area contributed by atoms with E-state index in [1.165, 1.54) is 15.6 Å². The van der Waals surface area contributed by atoms with E-state index in [4.69, 9.17) is 0 Å². The molecule has 0 heterocycles. The summed E-state index contributed by atoms with van der Waals surface area (Å²) in [7, 11) is 2.15. The number of halogens is 1. The Morgan fingerprint density at radius 1 is 1.41 bits per heavy atom. The Morgan fingerprint density at radius 3 is 2.71 bits per heavy atom. The van der Waals surface area contributed by atoms with E-state index in [2.05, 4.69) is 72.2 Å². The SMILES string of the molecule is CCN(C)CC(C)NCc1ccc(C)c(Br)c1. The van der Waals surface area contributed by atoms with E-state index in [1.54, 1.807) is 0 Å². The number of rotatable bonds is 6. The van der Waals surface area contributed by atoms with Crippen LogP contribution >= 0.6 is 15.9 Å². The van der Waals surface area contributed by atoms with Crippen LogP contribution in [0.2, 0.25) is 0 Å². The number of benzene rings is 1. The fraction of sp³-hybridized carbons (Fsp3) is 0.571. The number of hydrogen-bond donors (Lipinski definition) is 1. The molecule has 0 spiro atoms. The van der Waals surface area contributed by atoms with Gasteiger partial charge in [-0.3, -0.25) is 0 Å². The largest absolute Gasteiger partial charge is 0.309 e. The number of hydrogen-bond acceptors (Lipinski definition) is 2. The van der Waals surface area contributed by atoms with Crippen molar-refractivity contribution in [3.63, 3.8) is 0 Å². The zero-order valence-electron chi connectivity index (χ0n) is 11.3. The highest BCUT2D eigenvalue weighted by molar-refractivity contribution is 9.10. The quantitative estimate of drug-likeness (QED) is 0.868. The van der Waals surface area contributed by atoms with E-state index >= 15 is 0 Å². The molecular formula is C14H23BrN2. The summed E-state index contributed by atoms with van der Waals surface area (Å²) < 4.78 is 1.19. The fourth-order valence-electron chi connectivity index (χ4n) is 1.70. The molecule has 0 saturated heterocycles. The van der Waals surface area contributed by atoms with Crippen LogP contribution in [-0.4, -0.2) is 31.1 Å². The Morgan fingerprint density at radius 2 is 2.12 bits per heavy atom. The third kappa shape index (κ3) is 5.19. The van der Waals surface area contributed by atoms with Crippen LogP contribution in [0.1, 0.15) is 25.0 Å². The molecule has 0 aliphatic rings. The minimum atomic E-state index is 0.514. The van der Waals surface area contributed by atoms with Gasteiger partial charge in [0.05, 0.1) is 0 Å². The predicted molar refractivity (Wildman–Crippen MR) is 78.4 cm³/mol. The van der Waals surface area contributed by atoms with Gasteiger partial charge in [0.1, 0.15) is 0 Å². The van der Waals surface area contributed by atoms with Gasteiger partial charge in [0.2, 0.25) is 0 Å². The first-order valence-electron chi connectivity index (χ1n) is 6.20. The molecule has 96 valence electrons. The van der Waals surface area contributed by atoms with Crippen LogP contribution in [0.15, 0.2) is 22.7 Å². The van der Waals surface area contributed by atoms with Gasteiger partial charge in [-0.1, -0.05) is 35.0 Å². The van der Waals surface area contributed by atoms with E-state index < -0.39 is 0 Å². The lowest BCUT2D eigenvalue weighted by atomic mass is 10.1. The molecule has 0 fully saturated rings. The maximum atomic E-state index is 3.57. The lowest BCUT2D eigenvalue weighted by Gasteiger charge is -2.20. The van der Waals surface area contributed by atoms with Gasteiger partial charge in [-0.2, -0.15) is 0 Å². The van der Waals surface area contributed by atoms with Crippen molar-refractivity contribution in [1.29, 1.82) is 0 Å². The number of likely N-dealkylation sites (N-methyl/N-ethyl adjacent to an activating group) is 1. The highest BCUT2D eigenvalue weighted by Crippen LogP contribution is 2.17. The van der Waals surface area contributed by atoms with Crippen molar-refractivity contribution in [2.75, 3.05) is 20.1 Å². The van der Waals surface area contributed by atoms with Crippen molar-refractivity contribution < 1.29 is 0 Å². The molecule has 1 unspecified atom stereocenters. The minimum Gasteiger partial charge on any atom is -0.309 e. The van der Waals surface area contributed by atoms with E-state index in [0.29, 0.717) is 6.04 Å². The molecule has 0 bridgehead atoms. The molecule has 1 aromatic carbocycles. The monoisotopic (exact) mass is 298 g/mol. The van der Waals surface area contributed by atoms with Gasteiger partial charge in [0.15, 0.2) is 0 Å². The van der Waals surface area contributed by atoms with Gasteiger partial charge >= 0.3 is 0 Å². The van der Waals surface area contributed by atoms with E-state index in [-0.39, 0.29) is 0 Å². The van der Waals surface area contributed by atoms with Crippen LogP contribution in [0.5, 0.6) is 0 Å². The van der Waals surface area contributed by atoms with Crippen LogP contribution < -0.4 is 5.32 Å². The van der Waals surface area contributed by atoms with E-state index in [0.717, 1.165) is 19.6 Å². The summed E-state index contributed by atoms with van der Waals surface area (Å²) in [6, 6.07) is 7.05. The predicted octanol–water partition coefficient (Wildman–Crippen LogP) is 3.19. The molecule has 0 radical (unpaired) electrons. The molecule has 1 rings (SSSR count). The summed E-state index contributed by atoms with van der Waals surface area (Å²) in [6.45, 7) is 9.64. The standard InChI is InChI=1S/C14H23BrN2/c1-5-17(4)10-12(3)16-9-13-7-6-11(2)14(15)8-13/h6-8,12,16H,5,9-10H2,1-4H3. The van der Waals surface area contributed by atoms with Gasteiger partial charge < -0.3 is 10.2 Å². The zero-order chi connectivity index (χ0) is 12.8. The summed E-state index contributed by atoms with van der Waals surface area (Å²) in [5.41, 5.74) is 2.61. The maximum Gasteiger partial charge on any atom is 0.0208 e. The molecule has 1 atom stereocenters. The summed E-state index contributed by atoms with van der Waals surface area (Å²) >= 11 is 3.57. The third-order valence-corrected chi connectivity index (χ3v) is 3.87. The van der Waals surface area contributed by atoms with Crippen molar-refractivity contribution in [2.45, 2.75) is 33.4 Å². The van der Waals surface area contributed by atoms with Gasteiger partial charge in [-0.05, 0) is 44.6 Å². The summed E-state index contributed by atoms with van der Waals surface area (Å²) in [5.74, 6) is 0. The molecule has 0 aliphatic heterocycles. The Kier molecular flexibility index (Phi) is 6.17. The van der Waals surface area contributed by atoms with Crippen LogP contribution in [0.25, 0.3) is 0 Å². The fourth-order valence-corrected chi connectivity index (χ4v) is 2.13. The second kappa shape index (κ2) is 7.14. The van der Waals surface area contributed by atoms with Crippen LogP contribution in [-0.2, 0) is 6.54 Å². The molecule has 1 aromatic rings. The molecule has 1 N–H and O–H groups in total. The Labute approximate surface area is 114 Å². The van der Waals surface area contributed by atoms with E-state index in [9.17, 15) is 0 Å². The van der Waals surface area contributed by atoms with Crippen molar-refractivity contribution >= 4 is 15.9 Å². The highest BCUT2D eigenvalue weighted by Gasteiger charge is 2.04. The third-order valence-electron chi connectivity index (χ3n) is 3.02. The molecule has 0 saturated carbocycles. The van der Waals surface area contributed by atoms with Crippen LogP contribution in [0, 0.1) is 6.92 Å². The Balaban J connectivity index is 2.42. The zero-order valence-corrected chi connectivity index (χ0v) is 12.8. The first-order chi connectivity index (χ1) is 8.02. The van der Waals surface area contributed by atoms with Crippen molar-refractivity contribution in [2.24, 2.45) is 0 Å². The Hall–Kier alpha value is -0.380. The van der Waals surface area contributed by atoms with Crippen LogP contribution in [0.4, 0.5) is 0 Å². The average molecular weight is 299 g/mol.